The molecule has 1 amide bonds. The van der Waals surface area contributed by atoms with Gasteiger partial charge < -0.3 is 10.3 Å². The zero-order valence-electron chi connectivity index (χ0n) is 11.6. The van der Waals surface area contributed by atoms with Crippen molar-refractivity contribution in [1.29, 1.82) is 0 Å². The molecule has 21 heavy (non-hydrogen) atoms. The number of amides is 1. The summed E-state index contributed by atoms with van der Waals surface area (Å²) in [5, 5.41) is 3.61. The predicted molar refractivity (Wildman–Crippen MR) is 80.6 cm³/mol. The van der Waals surface area contributed by atoms with E-state index in [9.17, 15) is 9.18 Å². The van der Waals surface area contributed by atoms with Crippen LogP contribution in [0.3, 0.4) is 0 Å². The minimum Gasteiger partial charge on any atom is -0.351 e. The van der Waals surface area contributed by atoms with Crippen LogP contribution in [0.1, 0.15) is 29.0 Å². The van der Waals surface area contributed by atoms with Gasteiger partial charge >= 0.3 is 0 Å². The highest BCUT2D eigenvalue weighted by Crippen LogP contribution is 2.18. The number of carbonyl (C=O) groups is 1. The van der Waals surface area contributed by atoms with Crippen LogP contribution < -0.4 is 5.32 Å². The second kappa shape index (κ2) is 5.40. The Hall–Kier alpha value is -2.62. The standard InChI is InChI=1S/C17H15FN2O/c1-11(12-5-3-2-4-6-12)19-17(21)16-10-13-9-14(18)7-8-15(13)20-16/h2-11,20H,1H3,(H,19,21)/t11-/m0/s1. The molecule has 0 aliphatic carbocycles. The second-order valence-corrected chi connectivity index (χ2v) is 5.02. The van der Waals surface area contributed by atoms with Crippen molar-refractivity contribution in [1.82, 2.24) is 10.3 Å². The third-order valence-corrected chi connectivity index (χ3v) is 3.47. The summed E-state index contributed by atoms with van der Waals surface area (Å²) in [7, 11) is 0. The number of H-pyrrole nitrogens is 1. The fourth-order valence-electron chi connectivity index (χ4n) is 2.33. The van der Waals surface area contributed by atoms with Gasteiger partial charge in [-0.15, -0.1) is 0 Å². The summed E-state index contributed by atoms with van der Waals surface area (Å²) in [4.78, 5) is 15.2. The first-order chi connectivity index (χ1) is 10.1. The van der Waals surface area contributed by atoms with E-state index in [1.165, 1.54) is 12.1 Å². The van der Waals surface area contributed by atoms with E-state index in [1.54, 1.807) is 12.1 Å². The van der Waals surface area contributed by atoms with Crippen LogP contribution >= 0.6 is 0 Å². The maximum absolute atomic E-state index is 13.2. The Kier molecular flexibility index (Phi) is 3.44. The summed E-state index contributed by atoms with van der Waals surface area (Å²) < 4.78 is 13.2. The van der Waals surface area contributed by atoms with E-state index in [0.29, 0.717) is 11.1 Å². The Morgan fingerprint density at radius 3 is 2.67 bits per heavy atom. The van der Waals surface area contributed by atoms with Gasteiger partial charge in [-0.2, -0.15) is 0 Å². The molecule has 0 spiro atoms. The predicted octanol–water partition coefficient (Wildman–Crippen LogP) is 3.80. The molecular formula is C17H15FN2O. The lowest BCUT2D eigenvalue weighted by molar-refractivity contribution is 0.0935. The number of hydrogen-bond acceptors (Lipinski definition) is 1. The smallest absolute Gasteiger partial charge is 0.268 e. The molecule has 0 aliphatic heterocycles. The molecule has 106 valence electrons. The fourth-order valence-corrected chi connectivity index (χ4v) is 2.33. The highest BCUT2D eigenvalue weighted by molar-refractivity contribution is 5.98. The van der Waals surface area contributed by atoms with Crippen LogP contribution in [0.25, 0.3) is 10.9 Å². The number of hydrogen-bond donors (Lipinski definition) is 2. The Balaban J connectivity index is 1.80. The quantitative estimate of drug-likeness (QED) is 0.754. The van der Waals surface area contributed by atoms with Gasteiger partial charge in [0.25, 0.3) is 5.91 Å². The number of carbonyl (C=O) groups excluding carboxylic acids is 1. The molecule has 0 radical (unpaired) electrons. The monoisotopic (exact) mass is 282 g/mol. The zero-order chi connectivity index (χ0) is 14.8. The molecule has 0 aliphatic rings. The number of fused-ring (bicyclic) bond motifs is 1. The summed E-state index contributed by atoms with van der Waals surface area (Å²) in [6, 6.07) is 15.7. The van der Waals surface area contributed by atoms with Crippen molar-refractivity contribution < 1.29 is 9.18 Å². The molecule has 3 rings (SSSR count). The Morgan fingerprint density at radius 1 is 1.14 bits per heavy atom. The topological polar surface area (TPSA) is 44.9 Å². The van der Waals surface area contributed by atoms with E-state index in [1.807, 2.05) is 37.3 Å². The fraction of sp³-hybridized carbons (Fsp3) is 0.118. The lowest BCUT2D eigenvalue weighted by atomic mass is 10.1. The third-order valence-electron chi connectivity index (χ3n) is 3.47. The van der Waals surface area contributed by atoms with Crippen molar-refractivity contribution >= 4 is 16.8 Å². The van der Waals surface area contributed by atoms with Gasteiger partial charge in [-0.1, -0.05) is 30.3 Å². The Bertz CT molecular complexity index is 780. The van der Waals surface area contributed by atoms with Crippen molar-refractivity contribution in [3.8, 4) is 0 Å². The molecule has 2 aromatic carbocycles. The van der Waals surface area contributed by atoms with Gasteiger partial charge in [0.15, 0.2) is 0 Å². The molecule has 1 atom stereocenters. The lowest BCUT2D eigenvalue weighted by Crippen LogP contribution is -2.26. The SMILES string of the molecule is C[C@H](NC(=O)c1cc2cc(F)ccc2[nH]1)c1ccccc1. The first-order valence-corrected chi connectivity index (χ1v) is 6.77. The lowest BCUT2D eigenvalue weighted by Gasteiger charge is -2.13. The van der Waals surface area contributed by atoms with Crippen LogP contribution in [0.2, 0.25) is 0 Å². The Morgan fingerprint density at radius 2 is 1.90 bits per heavy atom. The van der Waals surface area contributed by atoms with Crippen molar-refractivity contribution in [2.45, 2.75) is 13.0 Å². The van der Waals surface area contributed by atoms with Gasteiger partial charge in [-0.3, -0.25) is 4.79 Å². The molecule has 0 fully saturated rings. The van der Waals surface area contributed by atoms with Gasteiger partial charge in [0.05, 0.1) is 6.04 Å². The van der Waals surface area contributed by atoms with Crippen molar-refractivity contribution in [2.24, 2.45) is 0 Å². The summed E-state index contributed by atoms with van der Waals surface area (Å²) >= 11 is 0. The molecule has 0 bridgehead atoms. The molecule has 2 N–H and O–H groups in total. The third kappa shape index (κ3) is 2.79. The minimum atomic E-state index is -0.314. The number of nitrogens with one attached hydrogen (secondary N) is 2. The maximum Gasteiger partial charge on any atom is 0.268 e. The molecule has 0 saturated heterocycles. The number of rotatable bonds is 3. The Labute approximate surface area is 121 Å². The maximum atomic E-state index is 13.2. The van der Waals surface area contributed by atoms with E-state index in [0.717, 1.165) is 11.1 Å². The van der Waals surface area contributed by atoms with Crippen LogP contribution in [-0.2, 0) is 0 Å². The van der Waals surface area contributed by atoms with Crippen LogP contribution in [-0.4, -0.2) is 10.9 Å². The van der Waals surface area contributed by atoms with Gasteiger partial charge in [0.1, 0.15) is 11.5 Å². The number of benzene rings is 2. The average molecular weight is 282 g/mol. The molecular weight excluding hydrogens is 267 g/mol. The summed E-state index contributed by atoms with van der Waals surface area (Å²) in [6.45, 7) is 1.93. The second-order valence-electron chi connectivity index (χ2n) is 5.02. The van der Waals surface area contributed by atoms with E-state index in [4.69, 9.17) is 0 Å². The van der Waals surface area contributed by atoms with Crippen molar-refractivity contribution in [2.75, 3.05) is 0 Å². The highest BCUT2D eigenvalue weighted by atomic mass is 19.1. The van der Waals surface area contributed by atoms with Gasteiger partial charge in [-0.05, 0) is 36.8 Å². The van der Waals surface area contributed by atoms with Gasteiger partial charge in [-0.25, -0.2) is 4.39 Å². The van der Waals surface area contributed by atoms with Gasteiger partial charge in [0, 0.05) is 10.9 Å². The van der Waals surface area contributed by atoms with E-state index in [2.05, 4.69) is 10.3 Å². The highest BCUT2D eigenvalue weighted by Gasteiger charge is 2.13. The normalized spacial score (nSPS) is 12.3. The largest absolute Gasteiger partial charge is 0.351 e. The zero-order valence-corrected chi connectivity index (χ0v) is 11.6. The molecule has 4 heteroatoms. The van der Waals surface area contributed by atoms with Crippen molar-refractivity contribution in [3.63, 3.8) is 0 Å². The average Bonchev–Trinajstić information content (AvgIpc) is 2.91. The summed E-state index contributed by atoms with van der Waals surface area (Å²) in [5.41, 5.74) is 2.21. The minimum absolute atomic E-state index is 0.0955. The van der Waals surface area contributed by atoms with E-state index >= 15 is 0 Å². The van der Waals surface area contributed by atoms with Gasteiger partial charge in [0.2, 0.25) is 0 Å². The molecule has 3 aromatic rings. The molecule has 0 unspecified atom stereocenters. The van der Waals surface area contributed by atoms with E-state index in [-0.39, 0.29) is 17.8 Å². The first-order valence-electron chi connectivity index (χ1n) is 6.77. The number of aromatic amines is 1. The first kappa shape index (κ1) is 13.4. The molecule has 1 heterocycles. The molecule has 1 aromatic heterocycles. The molecule has 3 nitrogen and oxygen atoms in total. The van der Waals surface area contributed by atoms with Crippen LogP contribution in [0, 0.1) is 5.82 Å². The van der Waals surface area contributed by atoms with Crippen LogP contribution in [0.4, 0.5) is 4.39 Å². The number of halogens is 1. The number of aromatic nitrogens is 1. The summed E-state index contributed by atoms with van der Waals surface area (Å²) in [6.07, 6.45) is 0. The summed E-state index contributed by atoms with van der Waals surface area (Å²) in [5.74, 6) is -0.519. The van der Waals surface area contributed by atoms with Crippen molar-refractivity contribution in [3.05, 3.63) is 71.7 Å². The van der Waals surface area contributed by atoms with Crippen LogP contribution in [0.15, 0.2) is 54.6 Å². The molecule has 0 saturated carbocycles. The van der Waals surface area contributed by atoms with Crippen LogP contribution in [0.5, 0.6) is 0 Å². The van der Waals surface area contributed by atoms with E-state index < -0.39 is 0 Å².